The summed E-state index contributed by atoms with van der Waals surface area (Å²) in [5.41, 5.74) is 11.3. The smallest absolute Gasteiger partial charge is 0.489 e. The predicted molar refractivity (Wildman–Crippen MR) is 102 cm³/mol. The molecule has 4 heteroatoms. The molecule has 0 spiro atoms. The van der Waals surface area contributed by atoms with Crippen molar-refractivity contribution >= 4 is 16.6 Å². The third kappa shape index (κ3) is 3.75. The molecule has 0 amide bonds. The van der Waals surface area contributed by atoms with Crippen molar-refractivity contribution in [3.63, 3.8) is 0 Å². The summed E-state index contributed by atoms with van der Waals surface area (Å²) in [4.78, 5) is 4.06. The van der Waals surface area contributed by atoms with E-state index in [0.29, 0.717) is 12.4 Å². The molecule has 26 heavy (non-hydrogen) atoms. The second kappa shape index (κ2) is 8.10. The minimum absolute atomic E-state index is 0. The van der Waals surface area contributed by atoms with Crippen LogP contribution in [0.4, 0.5) is 5.82 Å². The Labute approximate surface area is 165 Å². The first-order valence-electron chi connectivity index (χ1n) is 8.18. The van der Waals surface area contributed by atoms with Gasteiger partial charge >= 0.3 is 18.9 Å². The molecule has 0 aliphatic carbocycles. The molecule has 4 aromatic rings. The van der Waals surface area contributed by atoms with Crippen molar-refractivity contribution in [1.82, 2.24) is 4.98 Å². The van der Waals surface area contributed by atoms with E-state index in [0.717, 1.165) is 33.2 Å². The largest absolute Gasteiger partial charge is 1.00 e. The van der Waals surface area contributed by atoms with E-state index < -0.39 is 0 Å². The van der Waals surface area contributed by atoms with Crippen molar-refractivity contribution in [1.29, 1.82) is 0 Å². The zero-order valence-corrected chi connectivity index (χ0v) is 14.6. The van der Waals surface area contributed by atoms with Gasteiger partial charge in [0.15, 0.2) is 0 Å². The minimum atomic E-state index is 0. The molecule has 1 N–H and O–H groups in total. The Bertz CT molecular complexity index is 1020. The molecule has 0 aliphatic rings. The molecule has 0 saturated carbocycles. The first kappa shape index (κ1) is 18.1. The number of hydrogen-bond donors (Lipinski definition) is 0. The fourth-order valence-corrected chi connectivity index (χ4v) is 2.95. The van der Waals surface area contributed by atoms with Crippen LogP contribution in [0.3, 0.4) is 0 Å². The number of benzene rings is 3. The van der Waals surface area contributed by atoms with E-state index in [1.807, 2.05) is 54.6 Å². The van der Waals surface area contributed by atoms with Crippen LogP contribution in [0.1, 0.15) is 5.56 Å². The third-order valence-corrected chi connectivity index (χ3v) is 4.20. The van der Waals surface area contributed by atoms with Crippen LogP contribution in [-0.4, -0.2) is 4.98 Å². The maximum Gasteiger partial charge on any atom is 1.00 e. The molecule has 0 saturated heterocycles. The van der Waals surface area contributed by atoms with Crippen molar-refractivity contribution in [2.24, 2.45) is 0 Å². The van der Waals surface area contributed by atoms with Gasteiger partial charge in [0.25, 0.3) is 0 Å². The fourth-order valence-electron chi connectivity index (χ4n) is 2.95. The predicted octanol–water partition coefficient (Wildman–Crippen LogP) is 3.17. The molecule has 1 heterocycles. The van der Waals surface area contributed by atoms with E-state index in [2.05, 4.69) is 29.2 Å². The summed E-state index contributed by atoms with van der Waals surface area (Å²) in [6, 6.07) is 26.1. The van der Waals surface area contributed by atoms with Gasteiger partial charge in [0, 0.05) is 0 Å². The van der Waals surface area contributed by atoms with Gasteiger partial charge in [0.05, 0.1) is 0 Å². The van der Waals surface area contributed by atoms with Crippen LogP contribution in [-0.2, 0) is 6.61 Å². The van der Waals surface area contributed by atoms with Crippen LogP contribution >= 0.6 is 0 Å². The van der Waals surface area contributed by atoms with Gasteiger partial charge in [-0.15, -0.1) is 0 Å². The Hall–Kier alpha value is -2.73. The Morgan fingerprint density at radius 3 is 2.46 bits per heavy atom. The summed E-state index contributed by atoms with van der Waals surface area (Å²) in [6.07, 6.45) is 1.68. The summed E-state index contributed by atoms with van der Waals surface area (Å²) >= 11 is 0. The van der Waals surface area contributed by atoms with Crippen LogP contribution in [0, 0.1) is 0 Å². The SMILES string of the molecule is [Li+].[NH-]c1nccc2c(-c3cccc(OCc4ccccc4)c3)cccc12. The Morgan fingerprint density at radius 1 is 0.808 bits per heavy atom. The van der Waals surface area contributed by atoms with Crippen molar-refractivity contribution in [3.05, 3.63) is 96.4 Å². The average molecular weight is 332 g/mol. The van der Waals surface area contributed by atoms with Gasteiger partial charge < -0.3 is 15.5 Å². The zero-order chi connectivity index (χ0) is 17.1. The third-order valence-electron chi connectivity index (χ3n) is 4.20. The van der Waals surface area contributed by atoms with Crippen LogP contribution in [0.2, 0.25) is 0 Å². The molecule has 3 nitrogen and oxygen atoms in total. The Morgan fingerprint density at radius 2 is 1.62 bits per heavy atom. The first-order valence-corrected chi connectivity index (χ1v) is 8.18. The molecule has 0 aliphatic heterocycles. The molecule has 3 aromatic carbocycles. The minimum Gasteiger partial charge on any atom is -0.489 e. The van der Waals surface area contributed by atoms with E-state index >= 15 is 0 Å². The molecule has 1 aromatic heterocycles. The Balaban J connectivity index is 0.00000196. The molecule has 0 fully saturated rings. The van der Waals surface area contributed by atoms with Crippen LogP contribution in [0.15, 0.2) is 85.1 Å². The van der Waals surface area contributed by atoms with Crippen molar-refractivity contribution < 1.29 is 23.6 Å². The van der Waals surface area contributed by atoms with Gasteiger partial charge in [-0.05, 0) is 39.6 Å². The van der Waals surface area contributed by atoms with Gasteiger partial charge in [-0.3, -0.25) is 0 Å². The van der Waals surface area contributed by atoms with Crippen LogP contribution in [0.25, 0.3) is 27.6 Å². The van der Waals surface area contributed by atoms with Crippen molar-refractivity contribution in [2.45, 2.75) is 6.61 Å². The number of nitrogens with one attached hydrogen (secondary N) is 1. The topological polar surface area (TPSA) is 45.9 Å². The molecule has 0 unspecified atom stereocenters. The number of fused-ring (bicyclic) bond motifs is 1. The number of nitrogens with zero attached hydrogens (tertiary/aromatic N) is 1. The zero-order valence-electron chi connectivity index (χ0n) is 14.6. The standard InChI is InChI=1S/C22H17N2O.Li/c23-22-21-11-5-10-19(20(21)12-13-24-22)17-8-4-9-18(14-17)25-15-16-6-2-1-3-7-16;/h1-14H,15H2,(H-,23,24);/q-1;+1. The first-order chi connectivity index (χ1) is 12.3. The monoisotopic (exact) mass is 332 g/mol. The van der Waals surface area contributed by atoms with E-state index in [9.17, 15) is 0 Å². The number of hydrogen-bond acceptors (Lipinski definition) is 2. The second-order valence-corrected chi connectivity index (χ2v) is 5.86. The molecule has 122 valence electrons. The van der Waals surface area contributed by atoms with Gasteiger partial charge in [-0.1, -0.05) is 78.7 Å². The van der Waals surface area contributed by atoms with E-state index in [4.69, 9.17) is 10.5 Å². The number of ether oxygens (including phenoxy) is 1. The van der Waals surface area contributed by atoms with E-state index in [-0.39, 0.29) is 18.9 Å². The second-order valence-electron chi connectivity index (χ2n) is 5.86. The maximum absolute atomic E-state index is 7.99. The van der Waals surface area contributed by atoms with E-state index in [1.54, 1.807) is 6.20 Å². The van der Waals surface area contributed by atoms with Crippen molar-refractivity contribution in [3.8, 4) is 16.9 Å². The molecule has 0 radical (unpaired) electrons. The summed E-state index contributed by atoms with van der Waals surface area (Å²) in [7, 11) is 0. The molecule has 0 bridgehead atoms. The van der Waals surface area contributed by atoms with Crippen LogP contribution in [0.5, 0.6) is 5.75 Å². The quantitative estimate of drug-likeness (QED) is 0.539. The molecular formula is C22H17LiN2O. The summed E-state index contributed by atoms with van der Waals surface area (Å²) in [5, 5.41) is 1.89. The molecular weight excluding hydrogens is 315 g/mol. The summed E-state index contributed by atoms with van der Waals surface area (Å²) < 4.78 is 5.94. The van der Waals surface area contributed by atoms with Gasteiger partial charge in [0.2, 0.25) is 0 Å². The molecule has 0 atom stereocenters. The Kier molecular flexibility index (Phi) is 5.63. The molecule has 4 rings (SSSR count). The number of pyridine rings is 1. The maximum atomic E-state index is 7.99. The van der Waals surface area contributed by atoms with Crippen LogP contribution < -0.4 is 23.6 Å². The average Bonchev–Trinajstić information content (AvgIpc) is 2.67. The van der Waals surface area contributed by atoms with Gasteiger partial charge in [0.1, 0.15) is 12.4 Å². The van der Waals surface area contributed by atoms with Gasteiger partial charge in [-0.2, -0.15) is 0 Å². The fraction of sp³-hybridized carbons (Fsp3) is 0.0455. The van der Waals surface area contributed by atoms with Crippen molar-refractivity contribution in [2.75, 3.05) is 0 Å². The summed E-state index contributed by atoms with van der Waals surface area (Å²) in [5.74, 6) is 1.13. The van der Waals surface area contributed by atoms with E-state index in [1.165, 1.54) is 0 Å². The summed E-state index contributed by atoms with van der Waals surface area (Å²) in [6.45, 7) is 0.542. The number of rotatable bonds is 4. The number of aromatic nitrogens is 1. The van der Waals surface area contributed by atoms with Gasteiger partial charge in [-0.25, -0.2) is 0 Å². The normalized spacial score (nSPS) is 10.3.